The lowest BCUT2D eigenvalue weighted by molar-refractivity contribution is 0.627. The number of nitrogens with zero attached hydrogens (tertiary/aromatic N) is 2. The first-order valence-corrected chi connectivity index (χ1v) is 12.3. The highest BCUT2D eigenvalue weighted by Gasteiger charge is 2.14. The van der Waals surface area contributed by atoms with E-state index in [1.807, 2.05) is 24.3 Å². The summed E-state index contributed by atoms with van der Waals surface area (Å²) in [6.07, 6.45) is 5.41. The van der Waals surface area contributed by atoms with Crippen LogP contribution in [0.1, 0.15) is 18.9 Å². The molecule has 0 aliphatic heterocycles. The second-order valence-corrected chi connectivity index (χ2v) is 9.14. The first-order chi connectivity index (χ1) is 18.0. The predicted molar refractivity (Wildman–Crippen MR) is 146 cm³/mol. The van der Waals surface area contributed by atoms with E-state index in [1.165, 1.54) is 29.8 Å². The topological polar surface area (TPSA) is 37.8 Å². The fraction of sp³-hybridized carbons (Fsp3) is 0.125. The van der Waals surface area contributed by atoms with Gasteiger partial charge in [-0.1, -0.05) is 42.5 Å². The van der Waals surface area contributed by atoms with Gasteiger partial charge in [0.15, 0.2) is 0 Å². The van der Waals surface area contributed by atoms with Crippen molar-refractivity contribution in [1.29, 1.82) is 0 Å². The van der Waals surface area contributed by atoms with Crippen molar-refractivity contribution in [2.45, 2.75) is 25.8 Å². The summed E-state index contributed by atoms with van der Waals surface area (Å²) in [5.74, 6) is -0.585. The van der Waals surface area contributed by atoms with E-state index >= 15 is 0 Å². The molecule has 5 heteroatoms. The number of anilines is 1. The van der Waals surface area contributed by atoms with E-state index < -0.39 is 0 Å². The molecule has 0 saturated heterocycles. The van der Waals surface area contributed by atoms with Crippen molar-refractivity contribution >= 4 is 5.69 Å². The van der Waals surface area contributed by atoms with Crippen molar-refractivity contribution in [1.82, 2.24) is 9.97 Å². The van der Waals surface area contributed by atoms with E-state index in [1.54, 1.807) is 30.6 Å². The number of pyridine rings is 2. The molecule has 2 aromatic heterocycles. The van der Waals surface area contributed by atoms with Crippen LogP contribution in [0.4, 0.5) is 14.5 Å². The Kier molecular flexibility index (Phi) is 7.31. The molecule has 184 valence electrons. The number of halogens is 2. The Bertz CT molecular complexity index is 1480. The van der Waals surface area contributed by atoms with Crippen molar-refractivity contribution in [3.63, 3.8) is 0 Å². The van der Waals surface area contributed by atoms with Gasteiger partial charge in [-0.05, 0) is 85.5 Å². The van der Waals surface area contributed by atoms with Gasteiger partial charge in [0.1, 0.15) is 11.6 Å². The lowest BCUT2D eigenvalue weighted by atomic mass is 10.0. The Morgan fingerprint density at radius 1 is 0.703 bits per heavy atom. The van der Waals surface area contributed by atoms with Gasteiger partial charge in [0.2, 0.25) is 0 Å². The minimum atomic E-state index is -0.301. The van der Waals surface area contributed by atoms with Gasteiger partial charge < -0.3 is 5.32 Å². The molecule has 1 atom stereocenters. The lowest BCUT2D eigenvalue weighted by Crippen LogP contribution is -2.17. The largest absolute Gasteiger partial charge is 0.381 e. The van der Waals surface area contributed by atoms with E-state index in [-0.39, 0.29) is 17.7 Å². The third-order valence-corrected chi connectivity index (χ3v) is 6.33. The van der Waals surface area contributed by atoms with E-state index in [9.17, 15) is 8.78 Å². The van der Waals surface area contributed by atoms with Crippen molar-refractivity contribution in [2.24, 2.45) is 0 Å². The molecule has 1 unspecified atom stereocenters. The van der Waals surface area contributed by atoms with Crippen LogP contribution in [0.2, 0.25) is 0 Å². The Morgan fingerprint density at radius 3 is 2.30 bits per heavy atom. The molecular weight excluding hydrogens is 464 g/mol. The molecule has 2 heterocycles. The van der Waals surface area contributed by atoms with E-state index in [0.29, 0.717) is 11.3 Å². The highest BCUT2D eigenvalue weighted by atomic mass is 19.1. The standard InChI is InChI=1S/C32H27F2N3/c1-22(10-11-23-6-3-2-4-7-23)37-31-20-27(21-36-32(31)26-8-5-9-29(34)18-26)25-16-17-35-30(19-25)24-12-14-28(33)15-13-24/h2-9,12-22,37H,10-11H2,1H3. The van der Waals surface area contributed by atoms with Crippen molar-refractivity contribution in [3.05, 3.63) is 127 Å². The summed E-state index contributed by atoms with van der Waals surface area (Å²) in [7, 11) is 0. The second kappa shape index (κ2) is 11.1. The Balaban J connectivity index is 1.47. The maximum Gasteiger partial charge on any atom is 0.123 e. The summed E-state index contributed by atoms with van der Waals surface area (Å²) in [6.45, 7) is 2.14. The van der Waals surface area contributed by atoms with Gasteiger partial charge in [-0.25, -0.2) is 8.78 Å². The maximum absolute atomic E-state index is 14.1. The second-order valence-electron chi connectivity index (χ2n) is 9.14. The van der Waals surface area contributed by atoms with Crippen molar-refractivity contribution in [2.75, 3.05) is 5.32 Å². The Labute approximate surface area is 215 Å². The number of hydrogen-bond donors (Lipinski definition) is 1. The van der Waals surface area contributed by atoms with Gasteiger partial charge in [0, 0.05) is 35.1 Å². The summed E-state index contributed by atoms with van der Waals surface area (Å²) in [4.78, 5) is 9.22. The zero-order chi connectivity index (χ0) is 25.6. The van der Waals surface area contributed by atoms with Crippen molar-refractivity contribution < 1.29 is 8.78 Å². The molecule has 0 fully saturated rings. The number of aryl methyl sites for hydroxylation is 1. The van der Waals surface area contributed by atoms with Crippen LogP contribution in [0.5, 0.6) is 0 Å². The molecule has 0 bridgehead atoms. The molecule has 0 spiro atoms. The summed E-state index contributed by atoms with van der Waals surface area (Å²) in [6, 6.07) is 29.3. The maximum atomic E-state index is 14.1. The summed E-state index contributed by atoms with van der Waals surface area (Å²) >= 11 is 0. The summed E-state index contributed by atoms with van der Waals surface area (Å²) < 4.78 is 27.4. The van der Waals surface area contributed by atoms with E-state index in [2.05, 4.69) is 47.6 Å². The quantitative estimate of drug-likeness (QED) is 0.238. The zero-order valence-corrected chi connectivity index (χ0v) is 20.5. The van der Waals surface area contributed by atoms with Crippen LogP contribution < -0.4 is 5.32 Å². The normalized spacial score (nSPS) is 11.8. The number of nitrogens with one attached hydrogen (secondary N) is 1. The average molecular weight is 492 g/mol. The Morgan fingerprint density at radius 2 is 1.51 bits per heavy atom. The fourth-order valence-corrected chi connectivity index (χ4v) is 4.35. The van der Waals surface area contributed by atoms with Crippen LogP contribution in [0, 0.1) is 11.6 Å². The number of benzene rings is 3. The van der Waals surface area contributed by atoms with Crippen LogP contribution in [0.3, 0.4) is 0 Å². The first kappa shape index (κ1) is 24.3. The minimum Gasteiger partial charge on any atom is -0.381 e. The summed E-state index contributed by atoms with van der Waals surface area (Å²) in [5, 5.41) is 3.62. The zero-order valence-electron chi connectivity index (χ0n) is 20.5. The van der Waals surface area contributed by atoms with Crippen LogP contribution >= 0.6 is 0 Å². The van der Waals surface area contributed by atoms with Crippen molar-refractivity contribution in [3.8, 4) is 33.6 Å². The smallest absolute Gasteiger partial charge is 0.123 e. The van der Waals surface area contributed by atoms with E-state index in [0.717, 1.165) is 40.9 Å². The average Bonchev–Trinajstić information content (AvgIpc) is 2.93. The molecule has 0 radical (unpaired) electrons. The molecule has 0 aliphatic carbocycles. The van der Waals surface area contributed by atoms with Crippen LogP contribution in [-0.4, -0.2) is 16.0 Å². The highest BCUT2D eigenvalue weighted by Crippen LogP contribution is 2.32. The Hall–Kier alpha value is -4.38. The predicted octanol–water partition coefficient (Wildman–Crippen LogP) is 8.19. The van der Waals surface area contributed by atoms with Gasteiger partial charge in [-0.2, -0.15) is 0 Å². The van der Waals surface area contributed by atoms with Gasteiger partial charge in [0.05, 0.1) is 17.1 Å². The van der Waals surface area contributed by atoms with Crippen LogP contribution in [0.15, 0.2) is 109 Å². The number of rotatable bonds is 8. The third-order valence-electron chi connectivity index (χ3n) is 6.33. The summed E-state index contributed by atoms with van der Waals surface area (Å²) in [5.41, 5.74) is 6.96. The van der Waals surface area contributed by atoms with Crippen LogP contribution in [-0.2, 0) is 6.42 Å². The molecule has 5 rings (SSSR count). The van der Waals surface area contributed by atoms with E-state index in [4.69, 9.17) is 4.98 Å². The number of aromatic nitrogens is 2. The van der Waals surface area contributed by atoms with Gasteiger partial charge in [-0.15, -0.1) is 0 Å². The third kappa shape index (κ3) is 6.07. The van der Waals surface area contributed by atoms with Crippen LogP contribution in [0.25, 0.3) is 33.6 Å². The molecule has 0 aliphatic rings. The molecule has 37 heavy (non-hydrogen) atoms. The SMILES string of the molecule is CC(CCc1ccccc1)Nc1cc(-c2ccnc(-c3ccc(F)cc3)c2)cnc1-c1cccc(F)c1. The molecular formula is C32H27F2N3. The fourth-order valence-electron chi connectivity index (χ4n) is 4.35. The molecule has 3 nitrogen and oxygen atoms in total. The highest BCUT2D eigenvalue weighted by molar-refractivity contribution is 5.80. The molecule has 3 aromatic carbocycles. The first-order valence-electron chi connectivity index (χ1n) is 12.3. The van der Waals surface area contributed by atoms with Gasteiger partial charge in [-0.3, -0.25) is 9.97 Å². The minimum absolute atomic E-state index is 0.164. The van der Waals surface area contributed by atoms with Gasteiger partial charge in [0.25, 0.3) is 0 Å². The molecule has 5 aromatic rings. The number of hydrogen-bond acceptors (Lipinski definition) is 3. The molecule has 1 N–H and O–H groups in total. The molecule has 0 amide bonds. The molecule has 0 saturated carbocycles. The lowest BCUT2D eigenvalue weighted by Gasteiger charge is -2.19. The monoisotopic (exact) mass is 491 g/mol. The van der Waals surface area contributed by atoms with Gasteiger partial charge >= 0.3 is 0 Å².